The maximum atomic E-state index is 6.01. The van der Waals surface area contributed by atoms with Gasteiger partial charge in [0.25, 0.3) is 0 Å². The van der Waals surface area contributed by atoms with Crippen LogP contribution in [0.2, 0.25) is 0 Å². The zero-order chi connectivity index (χ0) is 10.9. The molecule has 0 bridgehead atoms. The summed E-state index contributed by atoms with van der Waals surface area (Å²) in [6.07, 6.45) is 3.96. The van der Waals surface area contributed by atoms with Crippen LogP contribution >= 0.6 is 0 Å². The van der Waals surface area contributed by atoms with Gasteiger partial charge in [-0.2, -0.15) is 0 Å². The highest BCUT2D eigenvalue weighted by Gasteiger charge is 2.31. The summed E-state index contributed by atoms with van der Waals surface area (Å²) in [6.45, 7) is 6.47. The van der Waals surface area contributed by atoms with Crippen LogP contribution in [-0.4, -0.2) is 5.60 Å². The van der Waals surface area contributed by atoms with Gasteiger partial charge in [-0.3, -0.25) is 0 Å². The lowest BCUT2D eigenvalue weighted by molar-refractivity contribution is 0.0930. The summed E-state index contributed by atoms with van der Waals surface area (Å²) in [4.78, 5) is 0. The zero-order valence-corrected chi connectivity index (χ0v) is 9.92. The van der Waals surface area contributed by atoms with Crippen molar-refractivity contribution < 1.29 is 4.74 Å². The number of aryl methyl sites for hydroxylation is 1. The third-order valence-electron chi connectivity index (χ3n) is 2.89. The lowest BCUT2D eigenvalue weighted by atomic mass is 10.0. The Morgan fingerprint density at radius 1 is 1.20 bits per heavy atom. The molecule has 1 aliphatic carbocycles. The first kappa shape index (κ1) is 10.5. The lowest BCUT2D eigenvalue weighted by Crippen LogP contribution is -2.28. The Kier molecular flexibility index (Phi) is 2.72. The molecular formula is C14H20O. The molecule has 82 valence electrons. The van der Waals surface area contributed by atoms with Gasteiger partial charge >= 0.3 is 0 Å². The predicted octanol–water partition coefficient (Wildman–Crippen LogP) is 3.95. The van der Waals surface area contributed by atoms with Crippen molar-refractivity contribution in [3.63, 3.8) is 0 Å². The molecule has 0 aliphatic heterocycles. The molecule has 0 saturated heterocycles. The van der Waals surface area contributed by atoms with Crippen molar-refractivity contribution in [2.45, 2.75) is 45.6 Å². The van der Waals surface area contributed by atoms with E-state index in [0.717, 1.165) is 11.7 Å². The van der Waals surface area contributed by atoms with E-state index >= 15 is 0 Å². The summed E-state index contributed by atoms with van der Waals surface area (Å²) >= 11 is 0. The largest absolute Gasteiger partial charge is 0.488 e. The number of hydrogen-bond donors (Lipinski definition) is 0. The standard InChI is InChI=1S/C14H20O/c1-11-4-8-13(9-5-11)15-14(2,3)10-12-6-7-12/h4-5,8-9,12H,6-7,10H2,1-3H3. The SMILES string of the molecule is Cc1ccc(OC(C)(C)CC2CC2)cc1. The second kappa shape index (κ2) is 3.88. The Balaban J connectivity index is 1.96. The molecule has 1 fully saturated rings. The molecule has 1 aliphatic rings. The van der Waals surface area contributed by atoms with Crippen molar-refractivity contribution in [2.24, 2.45) is 5.92 Å². The number of ether oxygens (including phenoxy) is 1. The molecule has 15 heavy (non-hydrogen) atoms. The second-order valence-corrected chi connectivity index (χ2v) is 5.32. The third kappa shape index (κ3) is 3.26. The Morgan fingerprint density at radius 3 is 2.33 bits per heavy atom. The Bertz CT molecular complexity index is 320. The highest BCUT2D eigenvalue weighted by Crippen LogP contribution is 2.38. The average molecular weight is 204 g/mol. The Labute approximate surface area is 92.5 Å². The highest BCUT2D eigenvalue weighted by molar-refractivity contribution is 5.26. The zero-order valence-electron chi connectivity index (χ0n) is 9.92. The molecule has 1 heteroatoms. The van der Waals surface area contributed by atoms with Crippen LogP contribution in [0.25, 0.3) is 0 Å². The van der Waals surface area contributed by atoms with Crippen LogP contribution in [-0.2, 0) is 0 Å². The average Bonchev–Trinajstić information content (AvgIpc) is 2.91. The maximum absolute atomic E-state index is 6.01. The monoisotopic (exact) mass is 204 g/mol. The molecule has 2 rings (SSSR count). The van der Waals surface area contributed by atoms with E-state index in [0.29, 0.717) is 0 Å². The molecule has 0 aromatic heterocycles. The van der Waals surface area contributed by atoms with Crippen molar-refractivity contribution in [2.75, 3.05) is 0 Å². The van der Waals surface area contributed by atoms with Crippen LogP contribution in [0, 0.1) is 12.8 Å². The van der Waals surface area contributed by atoms with Crippen LogP contribution in [0.3, 0.4) is 0 Å². The molecule has 0 atom stereocenters. The fraction of sp³-hybridized carbons (Fsp3) is 0.571. The summed E-state index contributed by atoms with van der Waals surface area (Å²) in [5, 5.41) is 0. The molecule has 1 aromatic rings. The van der Waals surface area contributed by atoms with Crippen molar-refractivity contribution in [1.29, 1.82) is 0 Å². The molecule has 1 saturated carbocycles. The lowest BCUT2D eigenvalue weighted by Gasteiger charge is -2.26. The van der Waals surface area contributed by atoms with Gasteiger partial charge in [-0.1, -0.05) is 30.5 Å². The minimum Gasteiger partial charge on any atom is -0.488 e. The van der Waals surface area contributed by atoms with Gasteiger partial charge in [0, 0.05) is 0 Å². The molecule has 0 radical (unpaired) electrons. The Hall–Kier alpha value is -0.980. The van der Waals surface area contributed by atoms with Crippen molar-refractivity contribution in [1.82, 2.24) is 0 Å². The molecule has 1 nitrogen and oxygen atoms in total. The maximum Gasteiger partial charge on any atom is 0.120 e. The van der Waals surface area contributed by atoms with Gasteiger partial charge in [0.1, 0.15) is 11.4 Å². The van der Waals surface area contributed by atoms with Gasteiger partial charge in [0.05, 0.1) is 0 Å². The van der Waals surface area contributed by atoms with Crippen molar-refractivity contribution in [3.05, 3.63) is 29.8 Å². The van der Waals surface area contributed by atoms with Gasteiger partial charge in [-0.05, 0) is 45.2 Å². The van der Waals surface area contributed by atoms with Gasteiger partial charge in [-0.15, -0.1) is 0 Å². The van der Waals surface area contributed by atoms with E-state index in [-0.39, 0.29) is 5.60 Å². The van der Waals surface area contributed by atoms with E-state index < -0.39 is 0 Å². The van der Waals surface area contributed by atoms with Crippen LogP contribution in [0.1, 0.15) is 38.7 Å². The highest BCUT2D eigenvalue weighted by atomic mass is 16.5. The van der Waals surface area contributed by atoms with E-state index in [1.807, 2.05) is 0 Å². The summed E-state index contributed by atoms with van der Waals surface area (Å²) in [5.41, 5.74) is 1.26. The van der Waals surface area contributed by atoms with Crippen LogP contribution in [0.15, 0.2) is 24.3 Å². The molecule has 0 amide bonds. The summed E-state index contributed by atoms with van der Waals surface area (Å²) in [6, 6.07) is 8.32. The number of benzene rings is 1. The van der Waals surface area contributed by atoms with Gasteiger partial charge in [0.15, 0.2) is 0 Å². The van der Waals surface area contributed by atoms with Crippen LogP contribution in [0.5, 0.6) is 5.75 Å². The van der Waals surface area contributed by atoms with E-state index in [2.05, 4.69) is 45.0 Å². The fourth-order valence-electron chi connectivity index (χ4n) is 1.98. The molecule has 0 heterocycles. The first-order valence-corrected chi connectivity index (χ1v) is 5.81. The second-order valence-electron chi connectivity index (χ2n) is 5.32. The van der Waals surface area contributed by atoms with E-state index in [4.69, 9.17) is 4.74 Å². The van der Waals surface area contributed by atoms with Crippen molar-refractivity contribution >= 4 is 0 Å². The normalized spacial score (nSPS) is 16.5. The molecular weight excluding hydrogens is 184 g/mol. The minimum absolute atomic E-state index is 0.0174. The third-order valence-corrected chi connectivity index (χ3v) is 2.89. The summed E-state index contributed by atoms with van der Waals surface area (Å²) in [7, 11) is 0. The Morgan fingerprint density at radius 2 is 1.80 bits per heavy atom. The fourth-order valence-corrected chi connectivity index (χ4v) is 1.98. The summed E-state index contributed by atoms with van der Waals surface area (Å²) in [5.74, 6) is 1.90. The van der Waals surface area contributed by atoms with Gasteiger partial charge in [-0.25, -0.2) is 0 Å². The first-order valence-electron chi connectivity index (χ1n) is 5.81. The van der Waals surface area contributed by atoms with E-state index in [9.17, 15) is 0 Å². The molecule has 0 spiro atoms. The van der Waals surface area contributed by atoms with E-state index in [1.165, 1.54) is 24.8 Å². The summed E-state index contributed by atoms with van der Waals surface area (Å²) < 4.78 is 6.01. The van der Waals surface area contributed by atoms with Crippen LogP contribution in [0.4, 0.5) is 0 Å². The first-order chi connectivity index (χ1) is 7.05. The molecule has 0 unspecified atom stereocenters. The topological polar surface area (TPSA) is 9.23 Å². The van der Waals surface area contributed by atoms with Crippen molar-refractivity contribution in [3.8, 4) is 5.75 Å². The minimum atomic E-state index is -0.0174. The predicted molar refractivity (Wildman–Crippen MR) is 63.2 cm³/mol. The van der Waals surface area contributed by atoms with Crippen LogP contribution < -0.4 is 4.74 Å². The number of rotatable bonds is 4. The molecule has 0 N–H and O–H groups in total. The van der Waals surface area contributed by atoms with E-state index in [1.54, 1.807) is 0 Å². The molecule has 1 aromatic carbocycles. The smallest absolute Gasteiger partial charge is 0.120 e. The number of hydrogen-bond acceptors (Lipinski definition) is 1. The quantitative estimate of drug-likeness (QED) is 0.721. The van der Waals surface area contributed by atoms with Gasteiger partial charge < -0.3 is 4.74 Å². The van der Waals surface area contributed by atoms with Gasteiger partial charge in [0.2, 0.25) is 0 Å².